The number of rotatable bonds is 2. The van der Waals surface area contributed by atoms with Crippen LogP contribution in [0.2, 0.25) is 10.0 Å². The molecule has 3 atom stereocenters. The first-order chi connectivity index (χ1) is 14.4. The van der Waals surface area contributed by atoms with Crippen LogP contribution in [0.25, 0.3) is 0 Å². The average molecular weight is 482 g/mol. The van der Waals surface area contributed by atoms with Crippen molar-refractivity contribution in [2.45, 2.75) is 36.3 Å². The van der Waals surface area contributed by atoms with E-state index in [1.807, 2.05) is 6.08 Å². The summed E-state index contributed by atoms with van der Waals surface area (Å²) in [5.41, 5.74) is -4.95. The quantitative estimate of drug-likeness (QED) is 0.353. The van der Waals surface area contributed by atoms with Crippen LogP contribution in [0.4, 0.5) is 32.0 Å². The van der Waals surface area contributed by atoms with Gasteiger partial charge in [0.15, 0.2) is 0 Å². The molecule has 0 fully saturated rings. The average Bonchev–Trinajstić information content (AvgIpc) is 3.17. The SMILES string of the molecule is OC(c1ccc2c(c1)C1C=CCC1C(c1cccc(Cl)c1Cl)N2)(C(F)(F)F)C(F)(F)F. The van der Waals surface area contributed by atoms with Crippen molar-refractivity contribution in [2.75, 3.05) is 5.32 Å². The number of hydrogen-bond acceptors (Lipinski definition) is 2. The van der Waals surface area contributed by atoms with Crippen LogP contribution in [-0.2, 0) is 5.60 Å². The van der Waals surface area contributed by atoms with Crippen molar-refractivity contribution in [1.82, 2.24) is 0 Å². The van der Waals surface area contributed by atoms with E-state index in [9.17, 15) is 31.4 Å². The molecule has 2 aromatic rings. The topological polar surface area (TPSA) is 32.3 Å². The lowest BCUT2D eigenvalue weighted by Crippen LogP contribution is -2.54. The second-order valence-electron chi connectivity index (χ2n) is 7.63. The van der Waals surface area contributed by atoms with Crippen molar-refractivity contribution >= 4 is 28.9 Å². The molecule has 0 saturated carbocycles. The van der Waals surface area contributed by atoms with E-state index in [1.165, 1.54) is 0 Å². The van der Waals surface area contributed by atoms with Crippen LogP contribution in [0.5, 0.6) is 0 Å². The molecule has 1 heterocycles. The summed E-state index contributed by atoms with van der Waals surface area (Å²) < 4.78 is 80.0. The number of hydrogen-bond donors (Lipinski definition) is 2. The van der Waals surface area contributed by atoms with Gasteiger partial charge in [-0.05, 0) is 41.7 Å². The van der Waals surface area contributed by atoms with Gasteiger partial charge in [0.25, 0.3) is 5.60 Å². The zero-order valence-corrected chi connectivity index (χ0v) is 17.0. The molecule has 1 aliphatic heterocycles. The van der Waals surface area contributed by atoms with E-state index in [-0.39, 0.29) is 17.5 Å². The number of benzene rings is 2. The third-order valence-corrected chi connectivity index (χ3v) is 6.75. The normalized spacial score (nSPS) is 23.3. The van der Waals surface area contributed by atoms with Gasteiger partial charge in [-0.25, -0.2) is 0 Å². The highest BCUT2D eigenvalue weighted by Crippen LogP contribution is 2.54. The largest absolute Gasteiger partial charge is 0.430 e. The molecular weight excluding hydrogens is 467 g/mol. The lowest BCUT2D eigenvalue weighted by molar-refractivity contribution is -0.376. The van der Waals surface area contributed by atoms with Crippen molar-refractivity contribution in [3.63, 3.8) is 0 Å². The molecule has 10 heteroatoms. The number of nitrogens with one attached hydrogen (secondary N) is 1. The maximum atomic E-state index is 13.3. The fraction of sp³-hybridized carbons (Fsp3) is 0.333. The Kier molecular flexibility index (Phi) is 5.26. The Morgan fingerprint density at radius 1 is 0.935 bits per heavy atom. The molecule has 0 saturated heterocycles. The van der Waals surface area contributed by atoms with Gasteiger partial charge in [-0.3, -0.25) is 0 Å². The molecule has 3 unspecified atom stereocenters. The van der Waals surface area contributed by atoms with Gasteiger partial charge in [-0.15, -0.1) is 0 Å². The molecule has 0 radical (unpaired) electrons. The monoisotopic (exact) mass is 481 g/mol. The molecule has 166 valence electrons. The van der Waals surface area contributed by atoms with Crippen LogP contribution in [-0.4, -0.2) is 17.5 Å². The van der Waals surface area contributed by atoms with E-state index in [2.05, 4.69) is 5.32 Å². The third-order valence-electron chi connectivity index (χ3n) is 5.92. The van der Waals surface area contributed by atoms with Crippen molar-refractivity contribution in [3.8, 4) is 0 Å². The molecular formula is C21H15Cl2F6NO. The molecule has 4 rings (SSSR count). The first kappa shape index (κ1) is 22.3. The molecule has 2 aliphatic rings. The maximum absolute atomic E-state index is 13.3. The number of allylic oxidation sites excluding steroid dienone is 2. The van der Waals surface area contributed by atoms with Gasteiger partial charge in [0.1, 0.15) is 0 Å². The molecule has 0 aromatic heterocycles. The van der Waals surface area contributed by atoms with Crippen LogP contribution in [0, 0.1) is 5.92 Å². The Morgan fingerprint density at radius 3 is 2.26 bits per heavy atom. The predicted molar refractivity (Wildman–Crippen MR) is 105 cm³/mol. The van der Waals surface area contributed by atoms with Gasteiger partial charge in [-0.1, -0.05) is 53.6 Å². The van der Waals surface area contributed by atoms with Crippen LogP contribution < -0.4 is 5.32 Å². The Hall–Kier alpha value is -1.90. The van der Waals surface area contributed by atoms with E-state index in [4.69, 9.17) is 23.2 Å². The zero-order chi connectivity index (χ0) is 22.8. The van der Waals surface area contributed by atoms with E-state index in [0.29, 0.717) is 33.8 Å². The summed E-state index contributed by atoms with van der Waals surface area (Å²) in [6, 6.07) is 7.31. The van der Waals surface area contributed by atoms with Crippen LogP contribution in [0.15, 0.2) is 48.6 Å². The molecule has 1 aliphatic carbocycles. The van der Waals surface area contributed by atoms with Crippen molar-refractivity contribution in [3.05, 3.63) is 75.3 Å². The van der Waals surface area contributed by atoms with E-state index in [1.54, 1.807) is 24.3 Å². The smallest absolute Gasteiger partial charge is 0.378 e. The summed E-state index contributed by atoms with van der Waals surface area (Å²) in [7, 11) is 0. The first-order valence-corrected chi connectivity index (χ1v) is 9.99. The Bertz CT molecular complexity index is 1040. The number of anilines is 1. The Morgan fingerprint density at radius 2 is 1.61 bits per heavy atom. The van der Waals surface area contributed by atoms with E-state index in [0.717, 1.165) is 12.1 Å². The van der Waals surface area contributed by atoms with Gasteiger partial charge >= 0.3 is 12.4 Å². The minimum Gasteiger partial charge on any atom is -0.378 e. The molecule has 31 heavy (non-hydrogen) atoms. The summed E-state index contributed by atoms with van der Waals surface area (Å²) >= 11 is 12.5. The van der Waals surface area contributed by atoms with Gasteiger partial charge < -0.3 is 10.4 Å². The molecule has 0 spiro atoms. The highest BCUT2D eigenvalue weighted by atomic mass is 35.5. The van der Waals surface area contributed by atoms with Gasteiger partial charge in [0, 0.05) is 17.2 Å². The molecule has 2 N–H and O–H groups in total. The first-order valence-electron chi connectivity index (χ1n) is 9.23. The van der Waals surface area contributed by atoms with Crippen molar-refractivity contribution in [2.24, 2.45) is 5.92 Å². The Labute approximate surface area is 183 Å². The van der Waals surface area contributed by atoms with Crippen molar-refractivity contribution < 1.29 is 31.4 Å². The summed E-state index contributed by atoms with van der Waals surface area (Å²) in [5.74, 6) is -0.662. The molecule has 2 aromatic carbocycles. The molecule has 0 bridgehead atoms. The summed E-state index contributed by atoms with van der Waals surface area (Å²) in [6.07, 6.45) is -7.77. The zero-order valence-electron chi connectivity index (χ0n) is 15.5. The molecule has 2 nitrogen and oxygen atoms in total. The number of alkyl halides is 6. The predicted octanol–water partition coefficient (Wildman–Crippen LogP) is 7.13. The summed E-state index contributed by atoms with van der Waals surface area (Å²) in [6.45, 7) is 0. The number of aliphatic hydroxyl groups is 1. The van der Waals surface area contributed by atoms with Crippen LogP contribution in [0.3, 0.4) is 0 Å². The maximum Gasteiger partial charge on any atom is 0.430 e. The number of halogens is 8. The Balaban J connectivity index is 1.82. The van der Waals surface area contributed by atoms with Crippen LogP contribution >= 0.6 is 23.2 Å². The fourth-order valence-corrected chi connectivity index (χ4v) is 4.80. The van der Waals surface area contributed by atoms with Gasteiger partial charge in [0.2, 0.25) is 0 Å². The lowest BCUT2D eigenvalue weighted by Gasteiger charge is -2.39. The van der Waals surface area contributed by atoms with E-state index >= 15 is 0 Å². The van der Waals surface area contributed by atoms with Gasteiger partial charge in [-0.2, -0.15) is 26.3 Å². The second kappa shape index (κ2) is 7.32. The standard InChI is InChI=1S/C21H15Cl2F6NO/c22-15-6-2-5-13(17(15)23)18-12-4-1-3-11(12)14-9-10(7-8-16(14)30-18)19(31,20(24,25)26)21(27,28)29/h1-3,5-9,11-12,18,30-31H,4H2. The summed E-state index contributed by atoms with van der Waals surface area (Å²) in [5, 5.41) is 13.6. The minimum absolute atomic E-state index is 0.205. The molecule has 0 amide bonds. The van der Waals surface area contributed by atoms with Crippen LogP contribution in [0.1, 0.15) is 35.1 Å². The summed E-state index contributed by atoms with van der Waals surface area (Å²) in [4.78, 5) is 0. The highest BCUT2D eigenvalue weighted by Gasteiger charge is 2.71. The lowest BCUT2D eigenvalue weighted by atomic mass is 9.75. The highest BCUT2D eigenvalue weighted by molar-refractivity contribution is 6.42. The van der Waals surface area contributed by atoms with Crippen molar-refractivity contribution in [1.29, 1.82) is 0 Å². The second-order valence-corrected chi connectivity index (χ2v) is 8.41. The van der Waals surface area contributed by atoms with E-state index < -0.39 is 29.4 Å². The third kappa shape index (κ3) is 3.39. The fourth-order valence-electron chi connectivity index (χ4n) is 4.38. The number of fused-ring (bicyclic) bond motifs is 3. The van der Waals surface area contributed by atoms with Gasteiger partial charge in [0.05, 0.1) is 16.1 Å². The minimum atomic E-state index is -5.94.